The number of ketones is 1. The summed E-state index contributed by atoms with van der Waals surface area (Å²) in [4.78, 5) is 15.9. The van der Waals surface area contributed by atoms with Crippen molar-refractivity contribution >= 4 is 22.9 Å². The standard InChI is InChI=1S/C17H16N4O/c1-11-6-4-9-16-18-12(2)17(21(11)16)20-19-15-8-5-7-14(10-15)13(3)22/h4-10H,1-3H3. The fraction of sp³-hybridized carbons (Fsp3) is 0.176. The van der Waals surface area contributed by atoms with Crippen LogP contribution < -0.4 is 0 Å². The maximum Gasteiger partial charge on any atom is 0.182 e. The predicted octanol–water partition coefficient (Wildman–Crippen LogP) is 4.57. The van der Waals surface area contributed by atoms with E-state index in [9.17, 15) is 4.79 Å². The molecule has 3 rings (SSSR count). The third kappa shape index (κ3) is 2.53. The number of nitrogens with zero attached hydrogens (tertiary/aromatic N) is 4. The molecule has 2 heterocycles. The Kier molecular flexibility index (Phi) is 3.55. The number of pyridine rings is 1. The Hall–Kier alpha value is -2.82. The van der Waals surface area contributed by atoms with Crippen molar-refractivity contribution in [1.82, 2.24) is 9.38 Å². The zero-order valence-corrected chi connectivity index (χ0v) is 12.7. The molecule has 1 aromatic carbocycles. The summed E-state index contributed by atoms with van der Waals surface area (Å²) in [7, 11) is 0. The Balaban J connectivity index is 2.05. The molecule has 2 aromatic heterocycles. The molecule has 22 heavy (non-hydrogen) atoms. The number of azo groups is 1. The zero-order chi connectivity index (χ0) is 15.7. The van der Waals surface area contributed by atoms with Crippen molar-refractivity contribution in [2.45, 2.75) is 20.8 Å². The molecule has 0 unspecified atom stereocenters. The third-order valence-corrected chi connectivity index (χ3v) is 3.50. The highest BCUT2D eigenvalue weighted by Gasteiger charge is 2.09. The number of benzene rings is 1. The summed E-state index contributed by atoms with van der Waals surface area (Å²) in [5.41, 5.74) is 3.99. The van der Waals surface area contributed by atoms with Gasteiger partial charge in [0.25, 0.3) is 0 Å². The molecule has 0 amide bonds. The van der Waals surface area contributed by atoms with E-state index in [0.717, 1.165) is 17.0 Å². The second-order valence-corrected chi connectivity index (χ2v) is 5.19. The molecule has 0 aliphatic heterocycles. The van der Waals surface area contributed by atoms with E-state index in [1.165, 1.54) is 6.92 Å². The number of carbonyl (C=O) groups excluding carboxylic acids is 1. The molecule has 0 saturated carbocycles. The van der Waals surface area contributed by atoms with Gasteiger partial charge in [0.2, 0.25) is 0 Å². The number of aromatic nitrogens is 2. The lowest BCUT2D eigenvalue weighted by Crippen LogP contribution is -1.90. The topological polar surface area (TPSA) is 59.1 Å². The largest absolute Gasteiger partial charge is 0.295 e. The predicted molar refractivity (Wildman–Crippen MR) is 85.3 cm³/mol. The van der Waals surface area contributed by atoms with Crippen LogP contribution in [0, 0.1) is 13.8 Å². The molecular weight excluding hydrogens is 276 g/mol. The first-order chi connectivity index (χ1) is 10.6. The fourth-order valence-corrected chi connectivity index (χ4v) is 2.36. The van der Waals surface area contributed by atoms with Gasteiger partial charge in [0.1, 0.15) is 5.65 Å². The summed E-state index contributed by atoms with van der Waals surface area (Å²) in [6.45, 7) is 5.45. The lowest BCUT2D eigenvalue weighted by molar-refractivity contribution is 0.101. The number of aryl methyl sites for hydroxylation is 2. The SMILES string of the molecule is CC(=O)c1cccc(N=Nc2c(C)nc3cccc(C)n23)c1. The van der Waals surface area contributed by atoms with E-state index < -0.39 is 0 Å². The number of fused-ring (bicyclic) bond motifs is 1. The molecule has 5 nitrogen and oxygen atoms in total. The second kappa shape index (κ2) is 5.52. The minimum Gasteiger partial charge on any atom is -0.295 e. The quantitative estimate of drug-likeness (QED) is 0.524. The van der Waals surface area contributed by atoms with Crippen LogP contribution >= 0.6 is 0 Å². The van der Waals surface area contributed by atoms with Crippen molar-refractivity contribution < 1.29 is 4.79 Å². The third-order valence-electron chi connectivity index (χ3n) is 3.50. The fourth-order valence-electron chi connectivity index (χ4n) is 2.36. The summed E-state index contributed by atoms with van der Waals surface area (Å²) < 4.78 is 1.97. The van der Waals surface area contributed by atoms with Crippen molar-refractivity contribution in [3.05, 3.63) is 59.4 Å². The summed E-state index contributed by atoms with van der Waals surface area (Å²) in [6, 6.07) is 13.0. The van der Waals surface area contributed by atoms with Crippen LogP contribution in [0.25, 0.3) is 5.65 Å². The molecule has 3 aromatic rings. The molecule has 0 radical (unpaired) electrons. The Labute approximate surface area is 128 Å². The van der Waals surface area contributed by atoms with Crippen LogP contribution in [-0.4, -0.2) is 15.2 Å². The summed E-state index contributed by atoms with van der Waals surface area (Å²) >= 11 is 0. The van der Waals surface area contributed by atoms with Crippen LogP contribution in [0.5, 0.6) is 0 Å². The van der Waals surface area contributed by atoms with Gasteiger partial charge in [0, 0.05) is 11.3 Å². The highest BCUT2D eigenvalue weighted by atomic mass is 16.1. The zero-order valence-electron chi connectivity index (χ0n) is 12.7. The molecule has 0 aliphatic carbocycles. The van der Waals surface area contributed by atoms with Gasteiger partial charge in [-0.15, -0.1) is 10.2 Å². The first-order valence-corrected chi connectivity index (χ1v) is 7.03. The highest BCUT2D eigenvalue weighted by molar-refractivity contribution is 5.94. The minimum atomic E-state index is 0.0128. The van der Waals surface area contributed by atoms with E-state index >= 15 is 0 Å². The van der Waals surface area contributed by atoms with E-state index in [2.05, 4.69) is 15.2 Å². The van der Waals surface area contributed by atoms with Gasteiger partial charge >= 0.3 is 0 Å². The molecule has 110 valence electrons. The van der Waals surface area contributed by atoms with Gasteiger partial charge in [-0.25, -0.2) is 4.98 Å². The van der Waals surface area contributed by atoms with Crippen molar-refractivity contribution in [2.75, 3.05) is 0 Å². The summed E-state index contributed by atoms with van der Waals surface area (Å²) in [5.74, 6) is 0.722. The number of hydrogen-bond acceptors (Lipinski definition) is 4. The van der Waals surface area contributed by atoms with Crippen LogP contribution in [0.3, 0.4) is 0 Å². The Morgan fingerprint density at radius 3 is 2.64 bits per heavy atom. The number of rotatable bonds is 3. The van der Waals surface area contributed by atoms with Gasteiger partial charge in [-0.05, 0) is 45.0 Å². The van der Waals surface area contributed by atoms with E-state index in [1.807, 2.05) is 42.5 Å². The molecule has 0 N–H and O–H groups in total. The average Bonchev–Trinajstić information content (AvgIpc) is 2.82. The number of imidazole rings is 1. The van der Waals surface area contributed by atoms with Gasteiger partial charge in [-0.1, -0.05) is 18.2 Å². The van der Waals surface area contributed by atoms with Crippen molar-refractivity contribution in [3.8, 4) is 0 Å². The number of carbonyl (C=O) groups is 1. The molecular formula is C17H16N4O. The van der Waals surface area contributed by atoms with E-state index in [-0.39, 0.29) is 5.78 Å². The maximum atomic E-state index is 11.4. The van der Waals surface area contributed by atoms with Crippen LogP contribution in [-0.2, 0) is 0 Å². The molecule has 0 bridgehead atoms. The minimum absolute atomic E-state index is 0.0128. The van der Waals surface area contributed by atoms with Gasteiger partial charge in [-0.2, -0.15) is 0 Å². The van der Waals surface area contributed by atoms with Gasteiger partial charge in [-0.3, -0.25) is 9.20 Å². The van der Waals surface area contributed by atoms with E-state index in [1.54, 1.807) is 18.2 Å². The Morgan fingerprint density at radius 1 is 1.09 bits per heavy atom. The first-order valence-electron chi connectivity index (χ1n) is 7.03. The van der Waals surface area contributed by atoms with Crippen molar-refractivity contribution in [1.29, 1.82) is 0 Å². The Morgan fingerprint density at radius 2 is 1.86 bits per heavy atom. The molecule has 0 fully saturated rings. The second-order valence-electron chi connectivity index (χ2n) is 5.19. The monoisotopic (exact) mass is 292 g/mol. The van der Waals surface area contributed by atoms with Crippen molar-refractivity contribution in [3.63, 3.8) is 0 Å². The summed E-state index contributed by atoms with van der Waals surface area (Å²) in [6.07, 6.45) is 0. The van der Waals surface area contributed by atoms with Crippen LogP contribution in [0.15, 0.2) is 52.7 Å². The van der Waals surface area contributed by atoms with E-state index in [0.29, 0.717) is 17.1 Å². The van der Waals surface area contributed by atoms with Crippen LogP contribution in [0.2, 0.25) is 0 Å². The lowest BCUT2D eigenvalue weighted by atomic mass is 10.1. The van der Waals surface area contributed by atoms with Crippen molar-refractivity contribution in [2.24, 2.45) is 10.2 Å². The van der Waals surface area contributed by atoms with Gasteiger partial charge < -0.3 is 0 Å². The molecule has 0 aliphatic rings. The van der Waals surface area contributed by atoms with E-state index in [4.69, 9.17) is 0 Å². The first kappa shape index (κ1) is 14.1. The number of Topliss-reactive ketones (excluding diaryl/α,β-unsaturated/α-hetero) is 1. The maximum absolute atomic E-state index is 11.4. The molecule has 0 saturated heterocycles. The van der Waals surface area contributed by atoms with Crippen LogP contribution in [0.1, 0.15) is 28.7 Å². The van der Waals surface area contributed by atoms with Gasteiger partial charge in [0.15, 0.2) is 11.6 Å². The molecule has 0 spiro atoms. The molecule has 0 atom stereocenters. The molecule has 5 heteroatoms. The summed E-state index contributed by atoms with van der Waals surface area (Å²) in [5, 5.41) is 8.60. The normalized spacial score (nSPS) is 11.4. The highest BCUT2D eigenvalue weighted by Crippen LogP contribution is 2.25. The number of hydrogen-bond donors (Lipinski definition) is 0. The smallest absolute Gasteiger partial charge is 0.182 e. The Bertz CT molecular complexity index is 893. The van der Waals surface area contributed by atoms with Gasteiger partial charge in [0.05, 0.1) is 11.4 Å². The lowest BCUT2D eigenvalue weighted by Gasteiger charge is -2.01. The van der Waals surface area contributed by atoms with Crippen LogP contribution in [0.4, 0.5) is 11.5 Å². The average molecular weight is 292 g/mol.